The van der Waals surface area contributed by atoms with Gasteiger partial charge in [0, 0.05) is 36.1 Å². The monoisotopic (exact) mass is 500 g/mol. The van der Waals surface area contributed by atoms with Gasteiger partial charge >= 0.3 is 12.0 Å². The molecule has 3 N–H and O–H groups in total. The van der Waals surface area contributed by atoms with Gasteiger partial charge in [-0.2, -0.15) is 0 Å². The molecule has 2 amide bonds. The molecule has 1 aliphatic heterocycles. The predicted octanol–water partition coefficient (Wildman–Crippen LogP) is 4.38. The SMILES string of the molecule is COCCOC(=O)C1=C(C)N(C)C(=S)NC1c1ccc(NC(=O)Nc2ccc(SC)cc2)cc1. The molecule has 2 aromatic rings. The minimum Gasteiger partial charge on any atom is -0.460 e. The third-order valence-electron chi connectivity index (χ3n) is 5.34. The average molecular weight is 501 g/mol. The second-order valence-electron chi connectivity index (χ2n) is 7.50. The van der Waals surface area contributed by atoms with Gasteiger partial charge in [-0.25, -0.2) is 9.59 Å². The van der Waals surface area contributed by atoms with Gasteiger partial charge in [-0.3, -0.25) is 0 Å². The van der Waals surface area contributed by atoms with Crippen molar-refractivity contribution < 1.29 is 19.1 Å². The summed E-state index contributed by atoms with van der Waals surface area (Å²) in [4.78, 5) is 28.1. The lowest BCUT2D eigenvalue weighted by Crippen LogP contribution is -2.46. The van der Waals surface area contributed by atoms with E-state index in [1.165, 1.54) is 0 Å². The number of carbonyl (C=O) groups is 2. The number of anilines is 2. The van der Waals surface area contributed by atoms with E-state index in [2.05, 4.69) is 16.0 Å². The number of nitrogens with zero attached hydrogens (tertiary/aromatic N) is 1. The standard InChI is InChI=1S/C24H28N4O4S2/c1-15-20(22(29)32-14-13-31-3)21(27-24(33)28(15)2)16-5-7-17(8-6-16)25-23(30)26-18-9-11-19(34-4)12-10-18/h5-12,21H,13-14H2,1-4H3,(H,27,33)(H2,25,26,30). The topological polar surface area (TPSA) is 91.9 Å². The lowest BCUT2D eigenvalue weighted by atomic mass is 9.95. The van der Waals surface area contributed by atoms with Crippen molar-refractivity contribution in [2.24, 2.45) is 0 Å². The third-order valence-corrected chi connectivity index (χ3v) is 6.48. The summed E-state index contributed by atoms with van der Waals surface area (Å²) in [5, 5.41) is 9.33. The summed E-state index contributed by atoms with van der Waals surface area (Å²) in [5.74, 6) is -0.435. The number of benzene rings is 2. The zero-order valence-corrected chi connectivity index (χ0v) is 21.1. The molecule has 10 heteroatoms. The van der Waals surface area contributed by atoms with Gasteiger partial charge in [0.15, 0.2) is 5.11 Å². The van der Waals surface area contributed by atoms with Crippen LogP contribution in [-0.4, -0.2) is 55.6 Å². The van der Waals surface area contributed by atoms with Gasteiger partial charge in [-0.05, 0) is 67.4 Å². The number of amides is 2. The van der Waals surface area contributed by atoms with Crippen LogP contribution < -0.4 is 16.0 Å². The highest BCUT2D eigenvalue weighted by molar-refractivity contribution is 7.98. The van der Waals surface area contributed by atoms with Gasteiger partial charge in [0.25, 0.3) is 0 Å². The summed E-state index contributed by atoms with van der Waals surface area (Å²) < 4.78 is 10.3. The molecule has 0 spiro atoms. The first-order chi connectivity index (χ1) is 16.3. The number of thioether (sulfide) groups is 1. The van der Waals surface area contributed by atoms with Crippen molar-refractivity contribution in [3.63, 3.8) is 0 Å². The molecule has 8 nitrogen and oxygen atoms in total. The maximum atomic E-state index is 12.8. The van der Waals surface area contributed by atoms with E-state index in [-0.39, 0.29) is 12.6 Å². The van der Waals surface area contributed by atoms with Crippen LogP contribution in [0.25, 0.3) is 0 Å². The minimum absolute atomic E-state index is 0.158. The van der Waals surface area contributed by atoms with Crippen molar-refractivity contribution in [2.45, 2.75) is 17.9 Å². The molecule has 0 aromatic heterocycles. The van der Waals surface area contributed by atoms with Crippen LogP contribution in [0.4, 0.5) is 16.2 Å². The number of carbonyl (C=O) groups excluding carboxylic acids is 2. The second kappa shape index (κ2) is 11.9. The number of ether oxygens (including phenoxy) is 2. The number of hydrogen-bond donors (Lipinski definition) is 3. The molecule has 0 aliphatic carbocycles. The number of methoxy groups -OCH3 is 1. The van der Waals surface area contributed by atoms with Crippen molar-refractivity contribution in [1.29, 1.82) is 0 Å². The predicted molar refractivity (Wildman–Crippen MR) is 139 cm³/mol. The average Bonchev–Trinajstić information content (AvgIpc) is 2.83. The first-order valence-electron chi connectivity index (χ1n) is 10.6. The number of rotatable bonds is 8. The largest absolute Gasteiger partial charge is 0.460 e. The summed E-state index contributed by atoms with van der Waals surface area (Å²) in [7, 11) is 3.34. The minimum atomic E-state index is -0.475. The number of urea groups is 1. The van der Waals surface area contributed by atoms with E-state index < -0.39 is 12.0 Å². The first-order valence-corrected chi connectivity index (χ1v) is 12.2. The van der Waals surface area contributed by atoms with Gasteiger partial charge in [-0.1, -0.05) is 12.1 Å². The Kier molecular flexibility index (Phi) is 8.91. The summed E-state index contributed by atoms with van der Waals surface area (Å²) in [6, 6.07) is 14.0. The summed E-state index contributed by atoms with van der Waals surface area (Å²) in [5.41, 5.74) is 3.31. The Morgan fingerprint density at radius 1 is 1.06 bits per heavy atom. The number of nitrogens with one attached hydrogen (secondary N) is 3. The maximum absolute atomic E-state index is 12.8. The molecule has 1 atom stereocenters. The fourth-order valence-corrected chi connectivity index (χ4v) is 4.04. The van der Waals surface area contributed by atoms with Crippen LogP contribution >= 0.6 is 24.0 Å². The fourth-order valence-electron chi connectivity index (χ4n) is 3.37. The van der Waals surface area contributed by atoms with Crippen LogP contribution in [0, 0.1) is 0 Å². The van der Waals surface area contributed by atoms with Crippen molar-refractivity contribution in [3.05, 3.63) is 65.4 Å². The lowest BCUT2D eigenvalue weighted by Gasteiger charge is -2.35. The maximum Gasteiger partial charge on any atom is 0.338 e. The van der Waals surface area contributed by atoms with E-state index in [4.69, 9.17) is 21.7 Å². The molecule has 2 aromatic carbocycles. The van der Waals surface area contributed by atoms with E-state index >= 15 is 0 Å². The number of allylic oxidation sites excluding steroid dienone is 1. The van der Waals surface area contributed by atoms with Crippen LogP contribution in [0.15, 0.2) is 64.7 Å². The van der Waals surface area contributed by atoms with Crippen molar-refractivity contribution in [3.8, 4) is 0 Å². The molecule has 34 heavy (non-hydrogen) atoms. The van der Waals surface area contributed by atoms with Crippen LogP contribution in [0.3, 0.4) is 0 Å². The van der Waals surface area contributed by atoms with E-state index in [9.17, 15) is 9.59 Å². The molecule has 3 rings (SSSR count). The zero-order valence-electron chi connectivity index (χ0n) is 19.5. The first kappa shape index (κ1) is 25.5. The Hall–Kier alpha value is -3.08. The number of hydrogen-bond acceptors (Lipinski definition) is 6. The Labute approximate surface area is 209 Å². The number of esters is 1. The van der Waals surface area contributed by atoms with Crippen molar-refractivity contribution >= 4 is 52.5 Å². The summed E-state index contributed by atoms with van der Waals surface area (Å²) in [6.07, 6.45) is 2.00. The van der Waals surface area contributed by atoms with Crippen LogP contribution in [0.5, 0.6) is 0 Å². The molecule has 1 unspecified atom stereocenters. The van der Waals surface area contributed by atoms with E-state index in [0.29, 0.717) is 34.4 Å². The smallest absolute Gasteiger partial charge is 0.338 e. The Morgan fingerprint density at radius 2 is 1.65 bits per heavy atom. The summed E-state index contributed by atoms with van der Waals surface area (Å²) in [6.45, 7) is 2.30. The molecular formula is C24H28N4O4S2. The molecule has 0 saturated carbocycles. The second-order valence-corrected chi connectivity index (χ2v) is 8.77. The fraction of sp³-hybridized carbons (Fsp3) is 0.292. The van der Waals surface area contributed by atoms with Crippen molar-refractivity contribution in [2.75, 3.05) is 44.3 Å². The van der Waals surface area contributed by atoms with Gasteiger partial charge in [0.05, 0.1) is 18.2 Å². The van der Waals surface area contributed by atoms with Gasteiger partial charge in [-0.15, -0.1) is 11.8 Å². The molecule has 0 bridgehead atoms. The molecule has 0 radical (unpaired) electrons. The molecule has 180 valence electrons. The Morgan fingerprint density at radius 3 is 2.21 bits per heavy atom. The van der Waals surface area contributed by atoms with Crippen LogP contribution in [0.2, 0.25) is 0 Å². The quantitative estimate of drug-likeness (QED) is 0.213. The summed E-state index contributed by atoms with van der Waals surface area (Å²) >= 11 is 7.07. The molecule has 1 aliphatic rings. The molecule has 1 heterocycles. The van der Waals surface area contributed by atoms with E-state index in [0.717, 1.165) is 10.5 Å². The van der Waals surface area contributed by atoms with Crippen molar-refractivity contribution in [1.82, 2.24) is 10.2 Å². The zero-order chi connectivity index (χ0) is 24.7. The van der Waals surface area contributed by atoms with Crippen LogP contribution in [0.1, 0.15) is 18.5 Å². The Balaban J connectivity index is 1.72. The third kappa shape index (κ3) is 6.28. The highest BCUT2D eigenvalue weighted by Crippen LogP contribution is 2.31. The molecule has 0 saturated heterocycles. The van der Waals surface area contributed by atoms with Crippen LogP contribution in [-0.2, 0) is 14.3 Å². The normalized spacial score (nSPS) is 15.6. The van der Waals surface area contributed by atoms with Gasteiger partial charge in [0.1, 0.15) is 6.61 Å². The molecular weight excluding hydrogens is 472 g/mol. The molecule has 0 fully saturated rings. The number of thiocarbonyl (C=S) groups is 1. The van der Waals surface area contributed by atoms with Gasteiger partial charge in [0.2, 0.25) is 0 Å². The highest BCUT2D eigenvalue weighted by atomic mass is 32.2. The van der Waals surface area contributed by atoms with E-state index in [1.54, 1.807) is 43.0 Å². The van der Waals surface area contributed by atoms with Gasteiger partial charge < -0.3 is 30.3 Å². The Bertz CT molecular complexity index is 1070. The lowest BCUT2D eigenvalue weighted by molar-refractivity contribution is -0.140. The van der Waals surface area contributed by atoms with E-state index in [1.807, 2.05) is 49.6 Å². The highest BCUT2D eigenvalue weighted by Gasteiger charge is 2.33.